The molecule has 174 valence electrons. The highest BCUT2D eigenvalue weighted by molar-refractivity contribution is 9.10. The molecule has 4 rings (SSSR count). The number of halogens is 4. The molecule has 0 aliphatic rings. The molecular formula is C22H17BrF3N7O. The van der Waals surface area contributed by atoms with Gasteiger partial charge in [0.05, 0.1) is 27.8 Å². The first-order chi connectivity index (χ1) is 16.1. The Labute approximate surface area is 200 Å². The predicted octanol–water partition coefficient (Wildman–Crippen LogP) is 4.48. The second-order valence-electron chi connectivity index (χ2n) is 7.23. The number of nitrogen functional groups attached to an aromatic ring is 1. The minimum absolute atomic E-state index is 0.118. The van der Waals surface area contributed by atoms with Gasteiger partial charge in [0, 0.05) is 36.6 Å². The van der Waals surface area contributed by atoms with Gasteiger partial charge in [-0.3, -0.25) is 14.8 Å². The van der Waals surface area contributed by atoms with E-state index in [1.165, 1.54) is 28.5 Å². The summed E-state index contributed by atoms with van der Waals surface area (Å²) < 4.78 is 39.3. The molecule has 1 amide bonds. The van der Waals surface area contributed by atoms with Crippen LogP contribution < -0.4 is 10.7 Å². The Balaban J connectivity index is 1.70. The number of fused-ring (bicyclic) bond motifs is 1. The van der Waals surface area contributed by atoms with E-state index >= 15 is 0 Å². The zero-order chi connectivity index (χ0) is 24.5. The first-order valence-electron chi connectivity index (χ1n) is 9.84. The first kappa shape index (κ1) is 23.4. The second-order valence-corrected chi connectivity index (χ2v) is 8.09. The SMILES string of the molecule is CN(c1ncccn1)N(Cc1ccc(C(F)(F)F)cn1)C(=O)c1ccc2nc(N)c(Br)cc2c1. The Morgan fingerprint density at radius 2 is 1.82 bits per heavy atom. The van der Waals surface area contributed by atoms with Crippen molar-refractivity contribution in [1.82, 2.24) is 24.9 Å². The number of hydrogen-bond acceptors (Lipinski definition) is 7. The number of anilines is 2. The predicted molar refractivity (Wildman–Crippen MR) is 123 cm³/mol. The summed E-state index contributed by atoms with van der Waals surface area (Å²) in [5.41, 5.74) is 6.13. The molecule has 12 heteroatoms. The molecule has 4 aromatic rings. The van der Waals surface area contributed by atoms with Crippen molar-refractivity contribution in [1.29, 1.82) is 0 Å². The maximum atomic E-state index is 13.5. The molecule has 1 aromatic carbocycles. The third-order valence-electron chi connectivity index (χ3n) is 4.94. The highest BCUT2D eigenvalue weighted by Gasteiger charge is 2.31. The van der Waals surface area contributed by atoms with Crippen molar-refractivity contribution < 1.29 is 18.0 Å². The lowest BCUT2D eigenvalue weighted by Gasteiger charge is -2.31. The van der Waals surface area contributed by atoms with E-state index in [1.807, 2.05) is 0 Å². The van der Waals surface area contributed by atoms with Crippen LogP contribution in [-0.2, 0) is 12.7 Å². The van der Waals surface area contributed by atoms with Crippen LogP contribution in [0.1, 0.15) is 21.6 Å². The molecule has 0 radical (unpaired) electrons. The fraction of sp³-hybridized carbons (Fsp3) is 0.136. The number of carbonyl (C=O) groups is 1. The summed E-state index contributed by atoms with van der Waals surface area (Å²) in [6, 6.07) is 10.4. The molecular weight excluding hydrogens is 515 g/mol. The number of nitrogens with two attached hydrogens (primary N) is 1. The molecule has 0 unspecified atom stereocenters. The van der Waals surface area contributed by atoms with Crippen LogP contribution in [0.4, 0.5) is 24.9 Å². The minimum atomic E-state index is -4.51. The molecule has 3 heterocycles. The summed E-state index contributed by atoms with van der Waals surface area (Å²) in [7, 11) is 1.58. The Bertz CT molecular complexity index is 1330. The third kappa shape index (κ3) is 4.91. The fourth-order valence-corrected chi connectivity index (χ4v) is 3.50. The standard InChI is InChI=1S/C22H17BrF3N7O/c1-32(21-28-7-2-8-29-21)33(12-16-5-4-15(11-30-16)22(24,25)26)20(34)13-3-6-18-14(9-13)10-17(23)19(27)31-18/h2-11H,12H2,1H3,(H2,27,31). The van der Waals surface area contributed by atoms with Crippen LogP contribution in [0.15, 0.2) is 65.5 Å². The quantitative estimate of drug-likeness (QED) is 0.379. The Morgan fingerprint density at radius 3 is 2.47 bits per heavy atom. The minimum Gasteiger partial charge on any atom is -0.383 e. The topological polar surface area (TPSA) is 101 Å². The Hall–Kier alpha value is -3.80. The van der Waals surface area contributed by atoms with Crippen molar-refractivity contribution in [3.05, 3.63) is 82.3 Å². The fourth-order valence-electron chi connectivity index (χ4n) is 3.17. The van der Waals surface area contributed by atoms with Gasteiger partial charge in [-0.25, -0.2) is 20.0 Å². The lowest BCUT2D eigenvalue weighted by atomic mass is 10.1. The number of alkyl halides is 3. The molecule has 0 fully saturated rings. The van der Waals surface area contributed by atoms with Gasteiger partial charge in [-0.1, -0.05) is 0 Å². The van der Waals surface area contributed by atoms with E-state index < -0.39 is 17.6 Å². The largest absolute Gasteiger partial charge is 0.417 e. The van der Waals surface area contributed by atoms with Crippen molar-refractivity contribution in [2.75, 3.05) is 17.8 Å². The van der Waals surface area contributed by atoms with Crippen molar-refractivity contribution in [2.45, 2.75) is 12.7 Å². The number of benzene rings is 1. The zero-order valence-corrected chi connectivity index (χ0v) is 19.2. The van der Waals surface area contributed by atoms with E-state index in [0.717, 1.165) is 12.3 Å². The summed E-state index contributed by atoms with van der Waals surface area (Å²) >= 11 is 3.33. The number of hydrogen-bond donors (Lipinski definition) is 1. The Morgan fingerprint density at radius 1 is 1.09 bits per heavy atom. The van der Waals surface area contributed by atoms with Crippen molar-refractivity contribution in [3.8, 4) is 0 Å². The van der Waals surface area contributed by atoms with Gasteiger partial charge in [-0.05, 0) is 58.4 Å². The van der Waals surface area contributed by atoms with Crippen molar-refractivity contribution in [3.63, 3.8) is 0 Å². The van der Waals surface area contributed by atoms with E-state index in [2.05, 4.69) is 35.9 Å². The van der Waals surface area contributed by atoms with Crippen LogP contribution in [0.2, 0.25) is 0 Å². The zero-order valence-electron chi connectivity index (χ0n) is 17.7. The third-order valence-corrected chi connectivity index (χ3v) is 5.58. The number of amides is 1. The van der Waals surface area contributed by atoms with Gasteiger partial charge in [0.15, 0.2) is 0 Å². The molecule has 0 aliphatic heterocycles. The van der Waals surface area contributed by atoms with E-state index in [9.17, 15) is 18.0 Å². The lowest BCUT2D eigenvalue weighted by Crippen LogP contribution is -2.45. The van der Waals surface area contributed by atoms with Crippen LogP contribution in [0.5, 0.6) is 0 Å². The number of aromatic nitrogens is 4. The molecule has 0 aliphatic carbocycles. The van der Waals surface area contributed by atoms with Gasteiger partial charge in [0.2, 0.25) is 5.95 Å². The summed E-state index contributed by atoms with van der Waals surface area (Å²) in [6.45, 7) is -0.118. The van der Waals surface area contributed by atoms with Gasteiger partial charge in [-0.2, -0.15) is 13.2 Å². The van der Waals surface area contributed by atoms with Crippen LogP contribution in [0, 0.1) is 0 Å². The van der Waals surface area contributed by atoms with Crippen molar-refractivity contribution in [2.24, 2.45) is 0 Å². The summed E-state index contributed by atoms with van der Waals surface area (Å²) in [4.78, 5) is 30.0. The normalized spacial score (nSPS) is 11.4. The van der Waals surface area contributed by atoms with Gasteiger partial charge in [-0.15, -0.1) is 0 Å². The highest BCUT2D eigenvalue weighted by atomic mass is 79.9. The smallest absolute Gasteiger partial charge is 0.383 e. The second kappa shape index (κ2) is 9.21. The van der Waals surface area contributed by atoms with E-state index in [4.69, 9.17) is 5.73 Å². The summed E-state index contributed by atoms with van der Waals surface area (Å²) in [5.74, 6) is 0.106. The van der Waals surface area contributed by atoms with E-state index in [-0.39, 0.29) is 18.2 Å². The molecule has 2 N–H and O–H groups in total. The molecule has 0 spiro atoms. The van der Waals surface area contributed by atoms with Crippen molar-refractivity contribution >= 4 is 44.5 Å². The highest BCUT2D eigenvalue weighted by Crippen LogP contribution is 2.29. The molecule has 0 saturated heterocycles. The first-order valence-corrected chi connectivity index (χ1v) is 10.6. The average molecular weight is 532 g/mol. The summed E-state index contributed by atoms with van der Waals surface area (Å²) in [5, 5.41) is 3.40. The number of rotatable bonds is 5. The van der Waals surface area contributed by atoms with Gasteiger partial charge < -0.3 is 5.73 Å². The molecule has 8 nitrogen and oxygen atoms in total. The Kier molecular flexibility index (Phi) is 6.33. The molecule has 34 heavy (non-hydrogen) atoms. The molecule has 0 saturated carbocycles. The summed E-state index contributed by atoms with van der Waals surface area (Å²) in [6.07, 6.45) is -0.740. The molecule has 0 bridgehead atoms. The number of hydrazine groups is 1. The number of nitrogens with zero attached hydrogens (tertiary/aromatic N) is 6. The monoisotopic (exact) mass is 531 g/mol. The number of pyridine rings is 2. The van der Waals surface area contributed by atoms with Crippen LogP contribution in [0.3, 0.4) is 0 Å². The van der Waals surface area contributed by atoms with Gasteiger partial charge in [0.1, 0.15) is 5.82 Å². The van der Waals surface area contributed by atoms with Crippen LogP contribution in [-0.4, -0.2) is 37.9 Å². The van der Waals surface area contributed by atoms with Crippen LogP contribution >= 0.6 is 15.9 Å². The molecule has 3 aromatic heterocycles. The average Bonchev–Trinajstić information content (AvgIpc) is 2.82. The maximum Gasteiger partial charge on any atom is 0.417 e. The van der Waals surface area contributed by atoms with Crippen LogP contribution in [0.25, 0.3) is 10.9 Å². The molecule has 0 atom stereocenters. The van der Waals surface area contributed by atoms with E-state index in [1.54, 1.807) is 37.4 Å². The van der Waals surface area contributed by atoms with Gasteiger partial charge in [0.25, 0.3) is 5.91 Å². The number of carbonyl (C=O) groups excluding carboxylic acids is 1. The van der Waals surface area contributed by atoms with E-state index in [0.29, 0.717) is 26.8 Å². The van der Waals surface area contributed by atoms with Gasteiger partial charge >= 0.3 is 6.18 Å². The lowest BCUT2D eigenvalue weighted by molar-refractivity contribution is -0.137. The maximum absolute atomic E-state index is 13.5.